The lowest BCUT2D eigenvalue weighted by molar-refractivity contribution is -0.0328. The number of halogens is 4. The first kappa shape index (κ1) is 16.7. The molecule has 0 aromatic heterocycles. The van der Waals surface area contributed by atoms with Gasteiger partial charge in [-0.1, -0.05) is 0 Å². The summed E-state index contributed by atoms with van der Waals surface area (Å²) < 4.78 is 42.3. The van der Waals surface area contributed by atoms with Gasteiger partial charge in [-0.3, -0.25) is 0 Å². The van der Waals surface area contributed by atoms with Gasteiger partial charge in [-0.2, -0.15) is 18.4 Å². The van der Waals surface area contributed by atoms with Crippen molar-refractivity contribution < 1.29 is 22.7 Å². The Bertz CT molecular complexity index is 555. The van der Waals surface area contributed by atoms with E-state index in [1.54, 1.807) is 6.07 Å². The minimum Gasteiger partial charge on any atom is -0.462 e. The smallest absolute Gasteiger partial charge is 0.446 e. The molecule has 108 valence electrons. The van der Waals surface area contributed by atoms with E-state index in [0.717, 1.165) is 0 Å². The van der Waals surface area contributed by atoms with Crippen molar-refractivity contribution in [3.8, 4) is 6.07 Å². The lowest BCUT2D eigenvalue weighted by Crippen LogP contribution is -2.11. The van der Waals surface area contributed by atoms with Gasteiger partial charge in [0.2, 0.25) is 0 Å². The molecule has 0 saturated heterocycles. The topological polar surface area (TPSA) is 50.1 Å². The van der Waals surface area contributed by atoms with Crippen LogP contribution in [0.4, 0.5) is 13.2 Å². The number of hydrogen-bond acceptors (Lipinski definition) is 4. The summed E-state index contributed by atoms with van der Waals surface area (Å²) in [6, 6.07) is 4.08. The van der Waals surface area contributed by atoms with E-state index in [-0.39, 0.29) is 23.6 Å². The summed E-state index contributed by atoms with van der Waals surface area (Å²) in [5.74, 6) is -0.944. The molecule has 0 heterocycles. The SMILES string of the molecule is CCOC(=O)c1cc(CCl)cc(C#N)c1SC(F)(F)F. The molecular weight excluding hydrogens is 315 g/mol. The molecule has 0 unspecified atom stereocenters. The number of rotatable bonds is 4. The molecule has 0 saturated carbocycles. The Morgan fingerprint density at radius 2 is 2.15 bits per heavy atom. The molecule has 0 fully saturated rings. The predicted molar refractivity (Wildman–Crippen MR) is 68.6 cm³/mol. The Labute approximate surface area is 122 Å². The zero-order valence-electron chi connectivity index (χ0n) is 10.3. The van der Waals surface area contributed by atoms with Gasteiger partial charge in [0.25, 0.3) is 0 Å². The highest BCUT2D eigenvalue weighted by Crippen LogP contribution is 2.41. The molecule has 0 N–H and O–H groups in total. The lowest BCUT2D eigenvalue weighted by atomic mass is 10.1. The Hall–Kier alpha value is -1.39. The summed E-state index contributed by atoms with van der Waals surface area (Å²) in [7, 11) is 0. The number of hydrogen-bond donors (Lipinski definition) is 0. The number of alkyl halides is 4. The third kappa shape index (κ3) is 4.32. The minimum atomic E-state index is -4.62. The molecule has 0 aliphatic rings. The summed E-state index contributed by atoms with van der Waals surface area (Å²) in [6.07, 6.45) is 0. The van der Waals surface area contributed by atoms with Crippen molar-refractivity contribution in [2.75, 3.05) is 6.61 Å². The Balaban J connectivity index is 3.43. The fourth-order valence-corrected chi connectivity index (χ4v) is 2.29. The van der Waals surface area contributed by atoms with E-state index >= 15 is 0 Å². The van der Waals surface area contributed by atoms with E-state index in [2.05, 4.69) is 0 Å². The molecule has 0 amide bonds. The third-order valence-corrected chi connectivity index (χ3v) is 3.32. The predicted octanol–water partition coefficient (Wildman–Crippen LogP) is 4.09. The second-order valence-corrected chi connectivity index (χ2v) is 4.88. The maximum atomic E-state index is 12.5. The molecule has 1 aromatic rings. The molecule has 0 bridgehead atoms. The van der Waals surface area contributed by atoms with Gasteiger partial charge in [-0.05, 0) is 36.4 Å². The molecule has 1 aromatic carbocycles. The molecule has 0 atom stereocenters. The average molecular weight is 324 g/mol. The Kier molecular flexibility index (Phi) is 5.72. The van der Waals surface area contributed by atoms with Crippen LogP contribution in [0.2, 0.25) is 0 Å². The van der Waals surface area contributed by atoms with Crippen LogP contribution in [0.25, 0.3) is 0 Å². The number of nitrogens with zero attached hydrogens (tertiary/aromatic N) is 1. The van der Waals surface area contributed by atoms with Gasteiger partial charge in [0.1, 0.15) is 6.07 Å². The first-order chi connectivity index (χ1) is 9.32. The van der Waals surface area contributed by atoms with Crippen LogP contribution in [-0.2, 0) is 10.6 Å². The van der Waals surface area contributed by atoms with E-state index in [9.17, 15) is 18.0 Å². The average Bonchev–Trinajstić information content (AvgIpc) is 2.37. The Morgan fingerprint density at radius 3 is 2.60 bits per heavy atom. The fraction of sp³-hybridized carbons (Fsp3) is 0.333. The highest BCUT2D eigenvalue weighted by Gasteiger charge is 2.33. The number of benzene rings is 1. The van der Waals surface area contributed by atoms with Crippen molar-refractivity contribution in [2.45, 2.75) is 23.2 Å². The van der Waals surface area contributed by atoms with Gasteiger partial charge in [-0.15, -0.1) is 11.6 Å². The van der Waals surface area contributed by atoms with Gasteiger partial charge in [0, 0.05) is 10.8 Å². The van der Waals surface area contributed by atoms with Crippen molar-refractivity contribution in [2.24, 2.45) is 0 Å². The maximum Gasteiger partial charge on any atom is 0.446 e. The normalized spacial score (nSPS) is 11.0. The number of nitriles is 1. The van der Waals surface area contributed by atoms with Crippen molar-refractivity contribution >= 4 is 29.3 Å². The van der Waals surface area contributed by atoms with E-state index in [4.69, 9.17) is 21.6 Å². The molecule has 0 aliphatic heterocycles. The van der Waals surface area contributed by atoms with Gasteiger partial charge in [0.05, 0.1) is 17.7 Å². The molecule has 3 nitrogen and oxygen atoms in total. The van der Waals surface area contributed by atoms with E-state index in [1.165, 1.54) is 19.1 Å². The van der Waals surface area contributed by atoms with E-state index in [1.807, 2.05) is 0 Å². The largest absolute Gasteiger partial charge is 0.462 e. The fourth-order valence-electron chi connectivity index (χ4n) is 1.43. The van der Waals surface area contributed by atoms with Gasteiger partial charge in [-0.25, -0.2) is 4.79 Å². The molecule has 0 radical (unpaired) electrons. The third-order valence-electron chi connectivity index (χ3n) is 2.14. The zero-order valence-corrected chi connectivity index (χ0v) is 11.8. The Morgan fingerprint density at radius 1 is 1.50 bits per heavy atom. The lowest BCUT2D eigenvalue weighted by Gasteiger charge is -2.13. The number of carbonyl (C=O) groups excluding carboxylic acids is 1. The summed E-state index contributed by atoms with van der Waals surface area (Å²) in [4.78, 5) is 11.3. The van der Waals surface area contributed by atoms with E-state index < -0.39 is 28.1 Å². The van der Waals surface area contributed by atoms with Crippen LogP contribution in [0.15, 0.2) is 17.0 Å². The number of ether oxygens (including phenoxy) is 1. The zero-order chi connectivity index (χ0) is 15.3. The number of thioether (sulfide) groups is 1. The number of carbonyl (C=O) groups is 1. The van der Waals surface area contributed by atoms with Crippen molar-refractivity contribution in [1.29, 1.82) is 5.26 Å². The van der Waals surface area contributed by atoms with Crippen LogP contribution in [0, 0.1) is 11.3 Å². The minimum absolute atomic E-state index is 0.0158. The summed E-state index contributed by atoms with van der Waals surface area (Å²) in [5.41, 5.74) is -4.80. The standard InChI is InChI=1S/C12H9ClF3NO2S/c1-2-19-11(18)9-4-7(5-13)3-8(6-17)10(9)20-12(14,15)16/h3-4H,2,5H2,1H3. The van der Waals surface area contributed by atoms with E-state index in [0.29, 0.717) is 5.56 Å². The molecule has 0 aliphatic carbocycles. The van der Waals surface area contributed by atoms with Crippen molar-refractivity contribution in [3.05, 3.63) is 28.8 Å². The quantitative estimate of drug-likeness (QED) is 0.476. The molecular formula is C12H9ClF3NO2S. The van der Waals surface area contributed by atoms with Crippen LogP contribution in [0.1, 0.15) is 28.4 Å². The highest BCUT2D eigenvalue weighted by atomic mass is 35.5. The molecule has 0 spiro atoms. The summed E-state index contributed by atoms with van der Waals surface area (Å²) >= 11 is 5.09. The first-order valence-electron chi connectivity index (χ1n) is 5.38. The molecule has 1 rings (SSSR count). The monoisotopic (exact) mass is 323 g/mol. The maximum absolute atomic E-state index is 12.5. The molecule has 8 heteroatoms. The van der Waals surface area contributed by atoms with Gasteiger partial charge < -0.3 is 4.74 Å². The second-order valence-electron chi connectivity index (χ2n) is 3.53. The second kappa shape index (κ2) is 6.86. The van der Waals surface area contributed by atoms with Gasteiger partial charge in [0.15, 0.2) is 0 Å². The van der Waals surface area contributed by atoms with Gasteiger partial charge >= 0.3 is 11.5 Å². The van der Waals surface area contributed by atoms with Crippen molar-refractivity contribution in [1.82, 2.24) is 0 Å². The van der Waals surface area contributed by atoms with Crippen LogP contribution >= 0.6 is 23.4 Å². The van der Waals surface area contributed by atoms with Crippen LogP contribution in [0.5, 0.6) is 0 Å². The first-order valence-corrected chi connectivity index (χ1v) is 6.73. The van der Waals surface area contributed by atoms with Crippen LogP contribution < -0.4 is 0 Å². The van der Waals surface area contributed by atoms with Crippen LogP contribution in [0.3, 0.4) is 0 Å². The molecule has 20 heavy (non-hydrogen) atoms. The summed E-state index contributed by atoms with van der Waals surface area (Å²) in [6.45, 7) is 1.55. The van der Waals surface area contributed by atoms with Crippen LogP contribution in [-0.4, -0.2) is 18.1 Å². The number of esters is 1. The highest BCUT2D eigenvalue weighted by molar-refractivity contribution is 8.00. The summed E-state index contributed by atoms with van der Waals surface area (Å²) in [5, 5.41) is 8.95. The van der Waals surface area contributed by atoms with Crippen molar-refractivity contribution in [3.63, 3.8) is 0 Å².